The van der Waals surface area contributed by atoms with Crippen LogP contribution in [-0.4, -0.2) is 28.6 Å². The number of furan rings is 1. The third-order valence-corrected chi connectivity index (χ3v) is 4.41. The van der Waals surface area contributed by atoms with Gasteiger partial charge in [-0.05, 0) is 36.0 Å². The number of H-pyrrole nitrogens is 1. The molecule has 0 saturated heterocycles. The maximum atomic E-state index is 12.8. The van der Waals surface area contributed by atoms with Gasteiger partial charge in [0.1, 0.15) is 11.8 Å². The molecule has 4 N–H and O–H groups in total. The lowest BCUT2D eigenvalue weighted by atomic mass is 10.0. The predicted octanol–water partition coefficient (Wildman–Crippen LogP) is 2.64. The molecule has 1 aromatic carbocycles. The van der Waals surface area contributed by atoms with E-state index in [1.165, 1.54) is 0 Å². The van der Waals surface area contributed by atoms with Crippen molar-refractivity contribution in [2.24, 2.45) is 0 Å². The molecular weight excluding hydrogens is 360 g/mol. The Morgan fingerprint density at radius 2 is 2.11 bits per heavy atom. The van der Waals surface area contributed by atoms with Gasteiger partial charge in [-0.3, -0.25) is 4.79 Å². The summed E-state index contributed by atoms with van der Waals surface area (Å²) in [5.41, 5.74) is 2.08. The lowest BCUT2D eigenvalue weighted by Crippen LogP contribution is -2.50. The van der Waals surface area contributed by atoms with Crippen LogP contribution in [0.2, 0.25) is 0 Å². The highest BCUT2D eigenvalue weighted by molar-refractivity contribution is 7.80. The maximum Gasteiger partial charge on any atom is 0.243 e. The van der Waals surface area contributed by atoms with Crippen molar-refractivity contribution in [1.29, 1.82) is 0 Å². The number of rotatable bonds is 8. The molecule has 27 heavy (non-hydrogen) atoms. The molecule has 0 saturated carbocycles. The number of benzene rings is 1. The Balaban J connectivity index is 1.72. The van der Waals surface area contributed by atoms with Gasteiger partial charge < -0.3 is 25.4 Å². The second-order valence-electron chi connectivity index (χ2n) is 6.06. The van der Waals surface area contributed by atoms with Gasteiger partial charge in [0.25, 0.3) is 0 Å². The molecule has 6 nitrogen and oxygen atoms in total. The number of hydrogen-bond acceptors (Lipinski definition) is 3. The minimum absolute atomic E-state index is 0.153. The number of nitrogens with one attached hydrogen (secondary N) is 4. The van der Waals surface area contributed by atoms with Crippen molar-refractivity contribution < 1.29 is 9.21 Å². The van der Waals surface area contributed by atoms with Crippen LogP contribution in [0, 0.1) is 0 Å². The summed E-state index contributed by atoms with van der Waals surface area (Å²) in [5, 5.41) is 10.5. The van der Waals surface area contributed by atoms with Crippen LogP contribution in [0.5, 0.6) is 0 Å². The monoisotopic (exact) mass is 382 g/mol. The molecule has 2 aromatic heterocycles. The van der Waals surface area contributed by atoms with Crippen molar-refractivity contribution in [2.75, 3.05) is 6.54 Å². The Kier molecular flexibility index (Phi) is 6.27. The third kappa shape index (κ3) is 4.98. The van der Waals surface area contributed by atoms with Crippen molar-refractivity contribution in [3.8, 4) is 0 Å². The zero-order valence-electron chi connectivity index (χ0n) is 14.8. The van der Waals surface area contributed by atoms with Gasteiger partial charge in [-0.2, -0.15) is 0 Å². The van der Waals surface area contributed by atoms with E-state index in [-0.39, 0.29) is 5.91 Å². The molecule has 3 rings (SSSR count). The molecule has 1 amide bonds. The summed E-state index contributed by atoms with van der Waals surface area (Å²) in [7, 11) is 0. The lowest BCUT2D eigenvalue weighted by molar-refractivity contribution is -0.123. The highest BCUT2D eigenvalue weighted by atomic mass is 32.1. The number of para-hydroxylation sites is 1. The molecule has 0 spiro atoms. The van der Waals surface area contributed by atoms with E-state index in [1.807, 2.05) is 36.5 Å². The van der Waals surface area contributed by atoms with Crippen molar-refractivity contribution >= 4 is 34.1 Å². The normalized spacial score (nSPS) is 11.7. The standard InChI is InChI=1S/C20H22N4O2S/c1-2-9-21-20(27)24-18(19(25)23-13-15-6-5-10-26-15)11-14-12-22-17-8-4-3-7-16(14)17/h2-8,10,12,18,22H,1,9,11,13H2,(H,23,25)(H2,21,24,27)/t18-/m1/s1. The van der Waals surface area contributed by atoms with Crippen molar-refractivity contribution in [1.82, 2.24) is 20.9 Å². The first kappa shape index (κ1) is 18.7. The minimum Gasteiger partial charge on any atom is -0.467 e. The molecule has 0 fully saturated rings. The van der Waals surface area contributed by atoms with Crippen molar-refractivity contribution in [3.63, 3.8) is 0 Å². The van der Waals surface area contributed by atoms with Crippen LogP contribution in [0.4, 0.5) is 0 Å². The van der Waals surface area contributed by atoms with E-state index in [0.717, 1.165) is 16.5 Å². The molecule has 0 bridgehead atoms. The first-order valence-electron chi connectivity index (χ1n) is 8.67. The van der Waals surface area contributed by atoms with Gasteiger partial charge in [0, 0.05) is 30.1 Å². The fourth-order valence-corrected chi connectivity index (χ4v) is 3.04. The summed E-state index contributed by atoms with van der Waals surface area (Å²) >= 11 is 5.29. The average Bonchev–Trinajstić information content (AvgIpc) is 3.34. The van der Waals surface area contributed by atoms with E-state index in [9.17, 15) is 4.79 Å². The smallest absolute Gasteiger partial charge is 0.243 e. The molecule has 0 aliphatic rings. The molecule has 0 aliphatic heterocycles. The topological polar surface area (TPSA) is 82.1 Å². The predicted molar refractivity (Wildman–Crippen MR) is 110 cm³/mol. The van der Waals surface area contributed by atoms with Crippen LogP contribution in [0.1, 0.15) is 11.3 Å². The average molecular weight is 382 g/mol. The number of carbonyl (C=O) groups excluding carboxylic acids is 1. The number of amides is 1. The van der Waals surface area contributed by atoms with Crippen LogP contribution < -0.4 is 16.0 Å². The fourth-order valence-electron chi connectivity index (χ4n) is 2.81. The van der Waals surface area contributed by atoms with Gasteiger partial charge in [-0.1, -0.05) is 24.3 Å². The van der Waals surface area contributed by atoms with Crippen LogP contribution >= 0.6 is 12.2 Å². The van der Waals surface area contributed by atoms with Gasteiger partial charge in [0.2, 0.25) is 5.91 Å². The molecule has 0 aliphatic carbocycles. The Hall–Kier alpha value is -3.06. The third-order valence-electron chi connectivity index (χ3n) is 4.14. The molecule has 0 unspecified atom stereocenters. The van der Waals surface area contributed by atoms with Crippen molar-refractivity contribution in [3.05, 3.63) is 72.8 Å². The number of aromatic nitrogens is 1. The summed E-state index contributed by atoms with van der Waals surface area (Å²) in [4.78, 5) is 16.0. The summed E-state index contributed by atoms with van der Waals surface area (Å²) in [5.74, 6) is 0.543. The summed E-state index contributed by atoms with van der Waals surface area (Å²) in [6, 6.07) is 11.1. The van der Waals surface area contributed by atoms with E-state index in [2.05, 4.69) is 27.5 Å². The first-order valence-corrected chi connectivity index (χ1v) is 9.08. The van der Waals surface area contributed by atoms with Crippen LogP contribution in [0.3, 0.4) is 0 Å². The number of aromatic amines is 1. The quantitative estimate of drug-likeness (QED) is 0.356. The van der Waals surface area contributed by atoms with E-state index >= 15 is 0 Å². The van der Waals surface area contributed by atoms with Gasteiger partial charge in [0.05, 0.1) is 12.8 Å². The Labute approximate surface area is 163 Å². The van der Waals surface area contributed by atoms with E-state index in [1.54, 1.807) is 18.4 Å². The van der Waals surface area contributed by atoms with Crippen LogP contribution in [0.15, 0.2) is 65.9 Å². The summed E-state index contributed by atoms with van der Waals surface area (Å²) in [6.07, 6.45) is 5.71. The Bertz CT molecular complexity index is 917. The molecule has 2 heterocycles. The second kappa shape index (κ2) is 9.05. The minimum atomic E-state index is -0.524. The highest BCUT2D eigenvalue weighted by Gasteiger charge is 2.21. The summed E-state index contributed by atoms with van der Waals surface area (Å²) in [6.45, 7) is 4.51. The molecule has 1 atom stereocenters. The molecular formula is C20H22N4O2S. The maximum absolute atomic E-state index is 12.8. The molecule has 140 valence electrons. The molecule has 0 radical (unpaired) electrons. The van der Waals surface area contributed by atoms with Gasteiger partial charge in [-0.15, -0.1) is 6.58 Å². The molecule has 7 heteroatoms. The number of thiocarbonyl (C=S) groups is 1. The zero-order chi connectivity index (χ0) is 19.1. The lowest BCUT2D eigenvalue weighted by Gasteiger charge is -2.20. The van der Waals surface area contributed by atoms with E-state index < -0.39 is 6.04 Å². The fraction of sp³-hybridized carbons (Fsp3) is 0.200. The van der Waals surface area contributed by atoms with Gasteiger partial charge in [0.15, 0.2) is 5.11 Å². The second-order valence-corrected chi connectivity index (χ2v) is 6.46. The van der Waals surface area contributed by atoms with Crippen molar-refractivity contribution in [2.45, 2.75) is 19.0 Å². The van der Waals surface area contributed by atoms with Gasteiger partial charge in [-0.25, -0.2) is 0 Å². The Morgan fingerprint density at radius 1 is 1.26 bits per heavy atom. The Morgan fingerprint density at radius 3 is 2.89 bits per heavy atom. The highest BCUT2D eigenvalue weighted by Crippen LogP contribution is 2.19. The number of carbonyl (C=O) groups is 1. The zero-order valence-corrected chi connectivity index (χ0v) is 15.6. The summed E-state index contributed by atoms with van der Waals surface area (Å²) < 4.78 is 5.27. The SMILES string of the molecule is C=CCNC(=S)N[C@H](Cc1c[nH]c2ccccc12)C(=O)NCc1ccco1. The van der Waals surface area contributed by atoms with E-state index in [0.29, 0.717) is 30.4 Å². The van der Waals surface area contributed by atoms with Gasteiger partial charge >= 0.3 is 0 Å². The van der Waals surface area contributed by atoms with Crippen LogP contribution in [-0.2, 0) is 17.8 Å². The number of fused-ring (bicyclic) bond motifs is 1. The first-order chi connectivity index (χ1) is 13.2. The molecule has 3 aromatic rings. The largest absolute Gasteiger partial charge is 0.467 e. The van der Waals surface area contributed by atoms with Crippen LogP contribution in [0.25, 0.3) is 10.9 Å². The van der Waals surface area contributed by atoms with E-state index in [4.69, 9.17) is 16.6 Å². The number of hydrogen-bond donors (Lipinski definition) is 4.